The van der Waals surface area contributed by atoms with Crippen molar-refractivity contribution in [3.8, 4) is 11.6 Å². The van der Waals surface area contributed by atoms with Crippen LogP contribution in [-0.2, 0) is 0 Å². The van der Waals surface area contributed by atoms with Gasteiger partial charge in [0.05, 0.1) is 12.2 Å². The van der Waals surface area contributed by atoms with E-state index in [1.807, 2.05) is 55.4 Å². The minimum atomic E-state index is 0.0384. The molecule has 29 heavy (non-hydrogen) atoms. The summed E-state index contributed by atoms with van der Waals surface area (Å²) < 4.78 is 7.08. The van der Waals surface area contributed by atoms with E-state index in [0.29, 0.717) is 30.5 Å². The van der Waals surface area contributed by atoms with Crippen LogP contribution in [0.1, 0.15) is 48.4 Å². The Hall–Kier alpha value is -3.49. The summed E-state index contributed by atoms with van der Waals surface area (Å²) in [4.78, 5) is 22.5. The van der Waals surface area contributed by atoms with Gasteiger partial charge in [0.2, 0.25) is 0 Å². The molecular weight excluding hydrogens is 370 g/mol. The van der Waals surface area contributed by atoms with Gasteiger partial charge in [-0.3, -0.25) is 4.79 Å². The second-order valence-corrected chi connectivity index (χ2v) is 7.63. The van der Waals surface area contributed by atoms with Crippen molar-refractivity contribution in [2.24, 2.45) is 0 Å². The zero-order valence-corrected chi connectivity index (χ0v) is 16.2. The van der Waals surface area contributed by atoms with Gasteiger partial charge in [0.25, 0.3) is 11.8 Å². The molecule has 0 saturated carbocycles. The third kappa shape index (κ3) is 3.08. The number of hydrogen-bond donors (Lipinski definition) is 1. The second-order valence-electron chi connectivity index (χ2n) is 7.63. The van der Waals surface area contributed by atoms with Crippen molar-refractivity contribution < 1.29 is 9.32 Å². The Labute approximate surface area is 166 Å². The number of rotatable bonds is 4. The lowest BCUT2D eigenvalue weighted by molar-refractivity contribution is 0.0789. The minimum Gasteiger partial charge on any atom is -0.361 e. The summed E-state index contributed by atoms with van der Waals surface area (Å²) in [5, 5.41) is 13.3. The summed E-state index contributed by atoms with van der Waals surface area (Å²) >= 11 is 0. The van der Waals surface area contributed by atoms with E-state index in [1.54, 1.807) is 4.68 Å². The predicted molar refractivity (Wildman–Crippen MR) is 105 cm³/mol. The first kappa shape index (κ1) is 17.6. The molecule has 1 amide bonds. The smallest absolute Gasteiger partial charge is 0.280 e. The van der Waals surface area contributed by atoms with Crippen LogP contribution in [0.5, 0.6) is 0 Å². The fraction of sp³-hybridized carbons (Fsp3) is 0.350. The van der Waals surface area contributed by atoms with Gasteiger partial charge >= 0.3 is 0 Å². The number of nitrogens with one attached hydrogen (secondary N) is 1. The number of carbonyl (C=O) groups excluding carboxylic acids is 1. The molecule has 9 heteroatoms. The quantitative estimate of drug-likeness (QED) is 0.573. The van der Waals surface area contributed by atoms with Crippen molar-refractivity contribution in [3.63, 3.8) is 0 Å². The maximum absolute atomic E-state index is 13.1. The fourth-order valence-corrected chi connectivity index (χ4v) is 3.71. The molecule has 148 valence electrons. The molecule has 1 N–H and O–H groups in total. The van der Waals surface area contributed by atoms with Crippen LogP contribution in [0.25, 0.3) is 22.5 Å². The highest BCUT2D eigenvalue weighted by molar-refractivity contribution is 6.06. The first-order valence-electron chi connectivity index (χ1n) is 9.71. The molecular formula is C20H21N7O2. The lowest BCUT2D eigenvalue weighted by Gasteiger charge is -2.17. The Morgan fingerprint density at radius 1 is 1.31 bits per heavy atom. The topological polar surface area (TPSA) is 106 Å². The summed E-state index contributed by atoms with van der Waals surface area (Å²) in [7, 11) is 0. The Bertz CT molecular complexity index is 1170. The number of benzene rings is 1. The van der Waals surface area contributed by atoms with Gasteiger partial charge in [0.1, 0.15) is 0 Å². The molecule has 1 atom stereocenters. The number of nitrogens with zero attached hydrogens (tertiary/aromatic N) is 6. The molecule has 4 heterocycles. The highest BCUT2D eigenvalue weighted by atomic mass is 16.5. The third-order valence-corrected chi connectivity index (χ3v) is 5.34. The van der Waals surface area contributed by atoms with E-state index in [-0.39, 0.29) is 17.9 Å². The standard InChI is InChI=1S/C20H21N7O2/c1-12(2)18-22-19(29-24-18)17-11-27(25-23-17)13-7-9-26(10-13)20(28)15-4-3-5-16-14(15)6-8-21-16/h3-6,8,11-13,21H,7,9-10H2,1-2H3/t13-/m0/s1. The highest BCUT2D eigenvalue weighted by Crippen LogP contribution is 2.26. The third-order valence-electron chi connectivity index (χ3n) is 5.34. The van der Waals surface area contributed by atoms with Crippen molar-refractivity contribution in [1.29, 1.82) is 0 Å². The van der Waals surface area contributed by atoms with Crippen molar-refractivity contribution in [1.82, 2.24) is 35.0 Å². The van der Waals surface area contributed by atoms with Crippen LogP contribution in [0.3, 0.4) is 0 Å². The average molecular weight is 391 g/mol. The van der Waals surface area contributed by atoms with E-state index in [1.165, 1.54) is 0 Å². The Balaban J connectivity index is 1.33. The van der Waals surface area contributed by atoms with Crippen molar-refractivity contribution in [2.75, 3.05) is 13.1 Å². The van der Waals surface area contributed by atoms with Gasteiger partial charge < -0.3 is 14.4 Å². The molecule has 1 fully saturated rings. The summed E-state index contributed by atoms with van der Waals surface area (Å²) in [5.74, 6) is 1.23. The van der Waals surface area contributed by atoms with Crippen LogP contribution in [-0.4, -0.2) is 54.0 Å². The summed E-state index contributed by atoms with van der Waals surface area (Å²) in [6.07, 6.45) is 4.48. The average Bonchev–Trinajstić information content (AvgIpc) is 3.52. The predicted octanol–water partition coefficient (Wildman–Crippen LogP) is 3.02. The zero-order chi connectivity index (χ0) is 20.0. The van der Waals surface area contributed by atoms with E-state index in [0.717, 1.165) is 22.9 Å². The molecule has 0 aliphatic carbocycles. The Morgan fingerprint density at radius 3 is 3.03 bits per heavy atom. The first-order chi connectivity index (χ1) is 14.1. The number of carbonyl (C=O) groups is 1. The van der Waals surface area contributed by atoms with Gasteiger partial charge in [0.15, 0.2) is 11.5 Å². The van der Waals surface area contributed by atoms with Gasteiger partial charge in [0, 0.05) is 41.7 Å². The summed E-state index contributed by atoms with van der Waals surface area (Å²) in [6.45, 7) is 5.27. The second kappa shape index (κ2) is 6.84. The molecule has 1 aliphatic rings. The molecule has 1 aliphatic heterocycles. The maximum Gasteiger partial charge on any atom is 0.280 e. The number of fused-ring (bicyclic) bond motifs is 1. The minimum absolute atomic E-state index is 0.0384. The number of H-pyrrole nitrogens is 1. The number of aromatic nitrogens is 6. The fourth-order valence-electron chi connectivity index (χ4n) is 3.71. The monoisotopic (exact) mass is 391 g/mol. The molecule has 0 bridgehead atoms. The SMILES string of the molecule is CC(C)c1noc(-c2cn([C@H]3CCN(C(=O)c4cccc5[nH]ccc45)C3)nn2)n1. The summed E-state index contributed by atoms with van der Waals surface area (Å²) in [5.41, 5.74) is 2.23. The van der Waals surface area contributed by atoms with Crippen LogP contribution < -0.4 is 0 Å². The van der Waals surface area contributed by atoms with Gasteiger partial charge in [-0.2, -0.15) is 4.98 Å². The zero-order valence-electron chi connectivity index (χ0n) is 16.2. The van der Waals surface area contributed by atoms with Crippen LogP contribution in [0.15, 0.2) is 41.2 Å². The van der Waals surface area contributed by atoms with E-state index in [2.05, 4.69) is 25.4 Å². The largest absolute Gasteiger partial charge is 0.361 e. The molecule has 3 aromatic heterocycles. The van der Waals surface area contributed by atoms with Crippen molar-refractivity contribution in [2.45, 2.75) is 32.2 Å². The van der Waals surface area contributed by atoms with Crippen LogP contribution in [0, 0.1) is 0 Å². The molecule has 5 rings (SSSR count). The van der Waals surface area contributed by atoms with Crippen molar-refractivity contribution >= 4 is 16.8 Å². The Morgan fingerprint density at radius 2 is 2.21 bits per heavy atom. The van der Waals surface area contributed by atoms with Gasteiger partial charge in [-0.25, -0.2) is 4.68 Å². The van der Waals surface area contributed by atoms with E-state index in [9.17, 15) is 4.79 Å². The Kier molecular flexibility index (Phi) is 4.15. The molecule has 9 nitrogen and oxygen atoms in total. The first-order valence-corrected chi connectivity index (χ1v) is 9.71. The van der Waals surface area contributed by atoms with Crippen molar-refractivity contribution in [3.05, 3.63) is 48.0 Å². The van der Waals surface area contributed by atoms with Crippen LogP contribution in [0.2, 0.25) is 0 Å². The molecule has 4 aromatic rings. The van der Waals surface area contributed by atoms with E-state index in [4.69, 9.17) is 4.52 Å². The highest BCUT2D eigenvalue weighted by Gasteiger charge is 2.30. The van der Waals surface area contributed by atoms with Gasteiger partial charge in [-0.15, -0.1) is 5.10 Å². The number of likely N-dealkylation sites (tertiary alicyclic amines) is 1. The van der Waals surface area contributed by atoms with E-state index < -0.39 is 0 Å². The number of hydrogen-bond acceptors (Lipinski definition) is 6. The molecule has 0 spiro atoms. The molecule has 0 radical (unpaired) electrons. The van der Waals surface area contributed by atoms with Gasteiger partial charge in [-0.1, -0.05) is 30.3 Å². The lowest BCUT2D eigenvalue weighted by Crippen LogP contribution is -2.29. The molecule has 1 saturated heterocycles. The summed E-state index contributed by atoms with van der Waals surface area (Å²) in [6, 6.07) is 7.76. The maximum atomic E-state index is 13.1. The molecule has 0 unspecified atom stereocenters. The van der Waals surface area contributed by atoms with E-state index >= 15 is 0 Å². The number of amides is 1. The van der Waals surface area contributed by atoms with Gasteiger partial charge in [-0.05, 0) is 24.6 Å². The molecule has 1 aromatic carbocycles. The lowest BCUT2D eigenvalue weighted by atomic mass is 10.1. The van der Waals surface area contributed by atoms with Crippen LogP contribution in [0.4, 0.5) is 0 Å². The normalized spacial score (nSPS) is 16.9. The van der Waals surface area contributed by atoms with Crippen LogP contribution >= 0.6 is 0 Å². The number of aromatic amines is 1.